The summed E-state index contributed by atoms with van der Waals surface area (Å²) in [4.78, 5) is 3.66. The minimum absolute atomic E-state index is 1.10. The molecule has 0 bridgehead atoms. The van der Waals surface area contributed by atoms with E-state index < -0.39 is 0 Å². The molecule has 0 aliphatic heterocycles. The van der Waals surface area contributed by atoms with E-state index in [2.05, 4.69) is 112 Å². The van der Waals surface area contributed by atoms with Gasteiger partial charge in [0.05, 0.1) is 5.52 Å². The molecule has 1 heterocycles. The number of hydrogen-bond donors (Lipinski definition) is 1. The van der Waals surface area contributed by atoms with Gasteiger partial charge in [0, 0.05) is 26.3 Å². The molecule has 5 aromatic rings. The molecular weight excluding hydrogens is 382 g/mol. The van der Waals surface area contributed by atoms with Crippen molar-refractivity contribution in [2.75, 3.05) is 0 Å². The number of rotatable bonds is 2. The minimum atomic E-state index is 1.10. The topological polar surface area (TPSA) is 15.8 Å². The van der Waals surface area contributed by atoms with Crippen molar-refractivity contribution in [3.63, 3.8) is 0 Å². The zero-order chi connectivity index (χ0) is 17.5. The molecule has 0 aliphatic rings. The number of halogens is 1. The van der Waals surface area contributed by atoms with Gasteiger partial charge in [-0.25, -0.2) is 0 Å². The Labute approximate surface area is 160 Å². The standard InChI is InChI=1S/C24H16BrN/c25-21-12-6-4-10-17(21)19-14-15-20-18-11-5-7-13-22(18)26-24(20)23(19)16-8-2-1-3-9-16/h1-15,26H. The highest BCUT2D eigenvalue weighted by Gasteiger charge is 2.16. The summed E-state index contributed by atoms with van der Waals surface area (Å²) in [6.07, 6.45) is 0. The molecule has 5 rings (SSSR count). The van der Waals surface area contributed by atoms with Gasteiger partial charge in [-0.05, 0) is 28.8 Å². The predicted molar refractivity (Wildman–Crippen MR) is 114 cm³/mol. The molecule has 0 radical (unpaired) electrons. The van der Waals surface area contributed by atoms with Crippen LogP contribution in [0.25, 0.3) is 44.1 Å². The third-order valence-electron chi connectivity index (χ3n) is 4.91. The molecule has 124 valence electrons. The normalized spacial score (nSPS) is 11.3. The van der Waals surface area contributed by atoms with Gasteiger partial charge in [0.2, 0.25) is 0 Å². The SMILES string of the molecule is Brc1ccccc1-c1ccc2c([nH]c3ccccc32)c1-c1ccccc1. The van der Waals surface area contributed by atoms with Crippen LogP contribution in [-0.2, 0) is 0 Å². The maximum absolute atomic E-state index is 3.73. The number of benzene rings is 4. The van der Waals surface area contributed by atoms with Crippen molar-refractivity contribution < 1.29 is 0 Å². The summed E-state index contributed by atoms with van der Waals surface area (Å²) < 4.78 is 1.10. The van der Waals surface area contributed by atoms with Gasteiger partial charge in [-0.2, -0.15) is 0 Å². The maximum Gasteiger partial charge on any atom is 0.0550 e. The highest BCUT2D eigenvalue weighted by atomic mass is 79.9. The van der Waals surface area contributed by atoms with Crippen LogP contribution < -0.4 is 0 Å². The summed E-state index contributed by atoms with van der Waals surface area (Å²) in [5.41, 5.74) is 7.24. The Morgan fingerprint density at radius 2 is 1.31 bits per heavy atom. The van der Waals surface area contributed by atoms with Crippen LogP contribution in [0.2, 0.25) is 0 Å². The molecule has 0 atom stereocenters. The maximum atomic E-state index is 3.73. The average Bonchev–Trinajstić information content (AvgIpc) is 3.07. The molecule has 0 amide bonds. The van der Waals surface area contributed by atoms with Crippen molar-refractivity contribution in [1.82, 2.24) is 4.98 Å². The van der Waals surface area contributed by atoms with E-state index in [-0.39, 0.29) is 0 Å². The molecule has 0 aliphatic carbocycles. The van der Waals surface area contributed by atoms with Gasteiger partial charge in [-0.1, -0.05) is 94.8 Å². The number of aromatic nitrogens is 1. The molecule has 2 heteroatoms. The van der Waals surface area contributed by atoms with Gasteiger partial charge < -0.3 is 4.98 Å². The Morgan fingerprint density at radius 1 is 0.577 bits per heavy atom. The number of fused-ring (bicyclic) bond motifs is 3. The van der Waals surface area contributed by atoms with Crippen LogP contribution in [0.3, 0.4) is 0 Å². The van der Waals surface area contributed by atoms with Crippen LogP contribution in [0.4, 0.5) is 0 Å². The van der Waals surface area contributed by atoms with E-state index in [1.54, 1.807) is 0 Å². The van der Waals surface area contributed by atoms with Crippen molar-refractivity contribution in [3.8, 4) is 22.3 Å². The molecule has 0 spiro atoms. The molecule has 0 saturated carbocycles. The van der Waals surface area contributed by atoms with Crippen molar-refractivity contribution in [2.45, 2.75) is 0 Å². The van der Waals surface area contributed by atoms with Crippen LogP contribution in [0.1, 0.15) is 0 Å². The second-order valence-corrected chi connectivity index (χ2v) is 7.28. The lowest BCUT2D eigenvalue weighted by atomic mass is 9.92. The highest BCUT2D eigenvalue weighted by Crippen LogP contribution is 2.42. The van der Waals surface area contributed by atoms with Crippen molar-refractivity contribution in [1.29, 1.82) is 0 Å². The molecule has 0 fully saturated rings. The Kier molecular flexibility index (Phi) is 3.65. The molecule has 1 aromatic heterocycles. The number of aromatic amines is 1. The lowest BCUT2D eigenvalue weighted by Gasteiger charge is -2.13. The Morgan fingerprint density at radius 3 is 2.15 bits per heavy atom. The van der Waals surface area contributed by atoms with Crippen LogP contribution in [0.5, 0.6) is 0 Å². The van der Waals surface area contributed by atoms with Gasteiger partial charge in [-0.15, -0.1) is 0 Å². The minimum Gasteiger partial charge on any atom is -0.354 e. The fourth-order valence-electron chi connectivity index (χ4n) is 3.73. The van der Waals surface area contributed by atoms with Crippen LogP contribution >= 0.6 is 15.9 Å². The molecule has 4 aromatic carbocycles. The van der Waals surface area contributed by atoms with Gasteiger partial charge in [-0.3, -0.25) is 0 Å². The quantitative estimate of drug-likeness (QED) is 0.319. The molecule has 1 N–H and O–H groups in total. The first kappa shape index (κ1) is 15.4. The summed E-state index contributed by atoms with van der Waals surface area (Å²) in [6.45, 7) is 0. The first-order valence-electron chi connectivity index (χ1n) is 8.67. The zero-order valence-corrected chi connectivity index (χ0v) is 15.6. The summed E-state index contributed by atoms with van der Waals surface area (Å²) in [6, 6.07) is 32.0. The smallest absolute Gasteiger partial charge is 0.0550 e. The van der Waals surface area contributed by atoms with Gasteiger partial charge in [0.15, 0.2) is 0 Å². The van der Waals surface area contributed by atoms with E-state index in [9.17, 15) is 0 Å². The summed E-state index contributed by atoms with van der Waals surface area (Å²) >= 11 is 3.73. The van der Waals surface area contributed by atoms with Gasteiger partial charge in [0.1, 0.15) is 0 Å². The number of para-hydroxylation sites is 1. The second kappa shape index (κ2) is 6.15. The highest BCUT2D eigenvalue weighted by molar-refractivity contribution is 9.10. The Balaban J connectivity index is 1.94. The van der Waals surface area contributed by atoms with E-state index >= 15 is 0 Å². The number of hydrogen-bond acceptors (Lipinski definition) is 0. The van der Waals surface area contributed by atoms with Crippen molar-refractivity contribution in [2.24, 2.45) is 0 Å². The van der Waals surface area contributed by atoms with Crippen LogP contribution in [0.15, 0.2) is 95.5 Å². The Hall–Kier alpha value is -2.84. The van der Waals surface area contributed by atoms with E-state index in [1.807, 2.05) is 0 Å². The molecule has 1 nitrogen and oxygen atoms in total. The average molecular weight is 398 g/mol. The second-order valence-electron chi connectivity index (χ2n) is 6.43. The van der Waals surface area contributed by atoms with Crippen LogP contribution in [-0.4, -0.2) is 4.98 Å². The van der Waals surface area contributed by atoms with Crippen molar-refractivity contribution in [3.05, 3.63) is 95.5 Å². The van der Waals surface area contributed by atoms with Gasteiger partial charge in [0.25, 0.3) is 0 Å². The molecule has 0 saturated heterocycles. The van der Waals surface area contributed by atoms with Gasteiger partial charge >= 0.3 is 0 Å². The first-order chi connectivity index (χ1) is 12.8. The summed E-state index contributed by atoms with van der Waals surface area (Å²) in [5, 5.41) is 2.52. The summed E-state index contributed by atoms with van der Waals surface area (Å²) in [5.74, 6) is 0. The zero-order valence-electron chi connectivity index (χ0n) is 14.0. The van der Waals surface area contributed by atoms with E-state index in [0.717, 1.165) is 4.47 Å². The fourth-order valence-corrected chi connectivity index (χ4v) is 4.23. The van der Waals surface area contributed by atoms with E-state index in [4.69, 9.17) is 0 Å². The lowest BCUT2D eigenvalue weighted by molar-refractivity contribution is 1.52. The molecule has 26 heavy (non-hydrogen) atoms. The fraction of sp³-hybridized carbons (Fsp3) is 0. The largest absolute Gasteiger partial charge is 0.354 e. The van der Waals surface area contributed by atoms with E-state index in [0.29, 0.717) is 0 Å². The predicted octanol–water partition coefficient (Wildman–Crippen LogP) is 7.42. The third kappa shape index (κ3) is 2.38. The lowest BCUT2D eigenvalue weighted by Crippen LogP contribution is -1.88. The molecule has 0 unspecified atom stereocenters. The third-order valence-corrected chi connectivity index (χ3v) is 5.60. The van der Waals surface area contributed by atoms with Crippen LogP contribution in [0, 0.1) is 0 Å². The first-order valence-corrected chi connectivity index (χ1v) is 9.46. The van der Waals surface area contributed by atoms with E-state index in [1.165, 1.54) is 44.1 Å². The Bertz CT molecular complexity index is 1240. The number of nitrogens with one attached hydrogen (secondary N) is 1. The summed E-state index contributed by atoms with van der Waals surface area (Å²) in [7, 11) is 0. The number of H-pyrrole nitrogens is 1. The monoisotopic (exact) mass is 397 g/mol. The van der Waals surface area contributed by atoms with Crippen molar-refractivity contribution >= 4 is 37.7 Å². The molecular formula is C24H16BrN.